The van der Waals surface area contributed by atoms with Gasteiger partial charge in [0.2, 0.25) is 0 Å². The van der Waals surface area contributed by atoms with Gasteiger partial charge in [0, 0.05) is 23.1 Å². The number of ketones is 1. The first kappa shape index (κ1) is 14.2. The minimum atomic E-state index is -0.358. The molecule has 0 spiro atoms. The van der Waals surface area contributed by atoms with E-state index in [1.54, 1.807) is 37.3 Å². The molecule has 2 rings (SSSR count). The molecule has 0 radical (unpaired) electrons. The maximum Gasteiger partial charge on any atom is 0.258 e. The molecule has 0 saturated carbocycles. The molecule has 1 aromatic heterocycles. The number of amides is 1. The van der Waals surface area contributed by atoms with Gasteiger partial charge in [-0.1, -0.05) is 23.7 Å². The molecular weight excluding hydrogens is 276 g/mol. The lowest BCUT2D eigenvalue weighted by molar-refractivity contribution is 0.101. The minimum Gasteiger partial charge on any atom is -0.322 e. The topological polar surface area (TPSA) is 59.1 Å². The number of Topliss-reactive ketones (excluding diaryl/α,β-unsaturated/α-hetero) is 1. The van der Waals surface area contributed by atoms with Gasteiger partial charge in [-0.05, 0) is 32.0 Å². The van der Waals surface area contributed by atoms with Gasteiger partial charge in [-0.2, -0.15) is 0 Å². The number of anilines is 1. The number of benzene rings is 1. The first-order chi connectivity index (χ1) is 9.47. The van der Waals surface area contributed by atoms with E-state index in [2.05, 4.69) is 10.3 Å². The van der Waals surface area contributed by atoms with Gasteiger partial charge >= 0.3 is 0 Å². The van der Waals surface area contributed by atoms with Crippen molar-refractivity contribution in [3.05, 3.63) is 58.4 Å². The molecule has 0 aliphatic rings. The lowest BCUT2D eigenvalue weighted by Crippen LogP contribution is -2.13. The molecule has 0 fully saturated rings. The van der Waals surface area contributed by atoms with Crippen molar-refractivity contribution in [2.45, 2.75) is 13.8 Å². The van der Waals surface area contributed by atoms with Crippen LogP contribution in [0, 0.1) is 6.92 Å². The highest BCUT2D eigenvalue weighted by molar-refractivity contribution is 6.34. The molecule has 20 heavy (non-hydrogen) atoms. The fourth-order valence-corrected chi connectivity index (χ4v) is 2.00. The van der Waals surface area contributed by atoms with Gasteiger partial charge in [-0.15, -0.1) is 0 Å². The van der Waals surface area contributed by atoms with E-state index in [0.29, 0.717) is 21.8 Å². The standard InChI is InChI=1S/C15H13ClN2O2/c1-9-6-14(16)13(8-17-9)15(20)18-12-5-3-4-11(7-12)10(2)19/h3-8H,1-2H3,(H,18,20). The van der Waals surface area contributed by atoms with Crippen molar-refractivity contribution >= 4 is 29.0 Å². The fraction of sp³-hybridized carbons (Fsp3) is 0.133. The highest BCUT2D eigenvalue weighted by Gasteiger charge is 2.12. The Balaban J connectivity index is 2.23. The summed E-state index contributed by atoms with van der Waals surface area (Å²) in [4.78, 5) is 27.5. The van der Waals surface area contributed by atoms with E-state index < -0.39 is 0 Å². The Labute approximate surface area is 121 Å². The molecule has 2 aromatic rings. The molecule has 5 heteroatoms. The molecule has 0 aliphatic heterocycles. The third kappa shape index (κ3) is 3.22. The molecule has 1 aromatic carbocycles. The van der Waals surface area contributed by atoms with Gasteiger partial charge in [0.15, 0.2) is 5.78 Å². The van der Waals surface area contributed by atoms with E-state index in [9.17, 15) is 9.59 Å². The molecule has 0 saturated heterocycles. The lowest BCUT2D eigenvalue weighted by atomic mass is 10.1. The Kier molecular flexibility index (Phi) is 4.15. The van der Waals surface area contributed by atoms with Crippen molar-refractivity contribution in [3.8, 4) is 0 Å². The second kappa shape index (κ2) is 5.84. The van der Waals surface area contributed by atoms with Gasteiger partial charge in [-0.25, -0.2) is 0 Å². The Hall–Kier alpha value is -2.20. The van der Waals surface area contributed by atoms with Crippen LogP contribution in [0.2, 0.25) is 5.02 Å². The number of nitrogens with zero attached hydrogens (tertiary/aromatic N) is 1. The van der Waals surface area contributed by atoms with Crippen LogP contribution in [0.15, 0.2) is 36.5 Å². The van der Waals surface area contributed by atoms with E-state index in [-0.39, 0.29) is 11.7 Å². The fourth-order valence-electron chi connectivity index (χ4n) is 1.71. The first-order valence-corrected chi connectivity index (χ1v) is 6.39. The van der Waals surface area contributed by atoms with Gasteiger partial charge < -0.3 is 5.32 Å². The molecule has 0 bridgehead atoms. The number of carbonyl (C=O) groups is 2. The summed E-state index contributed by atoms with van der Waals surface area (Å²) in [6, 6.07) is 8.36. The number of hydrogen-bond acceptors (Lipinski definition) is 3. The van der Waals surface area contributed by atoms with E-state index >= 15 is 0 Å². The molecule has 0 aliphatic carbocycles. The van der Waals surface area contributed by atoms with Crippen LogP contribution in [-0.4, -0.2) is 16.7 Å². The molecule has 1 heterocycles. The van der Waals surface area contributed by atoms with Gasteiger partial charge in [-0.3, -0.25) is 14.6 Å². The number of aromatic nitrogens is 1. The van der Waals surface area contributed by atoms with Crippen LogP contribution in [0.1, 0.15) is 33.3 Å². The Bertz CT molecular complexity index is 683. The number of aryl methyl sites for hydroxylation is 1. The summed E-state index contributed by atoms with van der Waals surface area (Å²) in [5.41, 5.74) is 2.12. The van der Waals surface area contributed by atoms with Crippen LogP contribution in [0.25, 0.3) is 0 Å². The van der Waals surface area contributed by atoms with Gasteiger partial charge in [0.25, 0.3) is 5.91 Å². The predicted molar refractivity (Wildman–Crippen MR) is 78.4 cm³/mol. The highest BCUT2D eigenvalue weighted by Crippen LogP contribution is 2.18. The van der Waals surface area contributed by atoms with Crippen LogP contribution < -0.4 is 5.32 Å². The van der Waals surface area contributed by atoms with Crippen molar-refractivity contribution in [1.82, 2.24) is 4.98 Å². The van der Waals surface area contributed by atoms with Gasteiger partial charge in [0.1, 0.15) is 0 Å². The third-order valence-electron chi connectivity index (χ3n) is 2.76. The van der Waals surface area contributed by atoms with E-state index in [4.69, 9.17) is 11.6 Å². The largest absolute Gasteiger partial charge is 0.322 e. The summed E-state index contributed by atoms with van der Waals surface area (Å²) in [5.74, 6) is -0.417. The lowest BCUT2D eigenvalue weighted by Gasteiger charge is -2.07. The number of halogens is 1. The summed E-state index contributed by atoms with van der Waals surface area (Å²) >= 11 is 6.02. The third-order valence-corrected chi connectivity index (χ3v) is 3.07. The molecule has 0 atom stereocenters. The summed E-state index contributed by atoms with van der Waals surface area (Å²) in [6.45, 7) is 3.27. The van der Waals surface area contributed by atoms with Crippen molar-refractivity contribution in [2.24, 2.45) is 0 Å². The molecule has 4 nitrogen and oxygen atoms in total. The predicted octanol–water partition coefficient (Wildman–Crippen LogP) is 3.50. The van der Waals surface area contributed by atoms with Crippen molar-refractivity contribution in [1.29, 1.82) is 0 Å². The number of hydrogen-bond donors (Lipinski definition) is 1. The number of carbonyl (C=O) groups excluding carboxylic acids is 2. The molecule has 102 valence electrons. The molecule has 1 N–H and O–H groups in total. The van der Waals surface area contributed by atoms with Crippen LogP contribution in [0.5, 0.6) is 0 Å². The smallest absolute Gasteiger partial charge is 0.258 e. The highest BCUT2D eigenvalue weighted by atomic mass is 35.5. The maximum absolute atomic E-state index is 12.1. The Morgan fingerprint density at radius 3 is 2.65 bits per heavy atom. The summed E-state index contributed by atoms with van der Waals surface area (Å²) < 4.78 is 0. The minimum absolute atomic E-state index is 0.0591. The summed E-state index contributed by atoms with van der Waals surface area (Å²) in [6.07, 6.45) is 1.43. The Morgan fingerprint density at radius 1 is 1.25 bits per heavy atom. The van der Waals surface area contributed by atoms with Crippen LogP contribution in [0.4, 0.5) is 5.69 Å². The maximum atomic E-state index is 12.1. The number of rotatable bonds is 3. The average molecular weight is 289 g/mol. The average Bonchev–Trinajstić information content (AvgIpc) is 2.38. The number of nitrogens with one attached hydrogen (secondary N) is 1. The van der Waals surface area contributed by atoms with E-state index in [1.807, 2.05) is 0 Å². The van der Waals surface area contributed by atoms with Crippen LogP contribution in [-0.2, 0) is 0 Å². The van der Waals surface area contributed by atoms with Crippen LogP contribution >= 0.6 is 11.6 Å². The first-order valence-electron chi connectivity index (χ1n) is 6.02. The molecular formula is C15H13ClN2O2. The number of pyridine rings is 1. The van der Waals surface area contributed by atoms with E-state index in [1.165, 1.54) is 13.1 Å². The second-order valence-corrected chi connectivity index (χ2v) is 4.80. The zero-order valence-electron chi connectivity index (χ0n) is 11.1. The SMILES string of the molecule is CC(=O)c1cccc(NC(=O)c2cnc(C)cc2Cl)c1. The second-order valence-electron chi connectivity index (χ2n) is 4.40. The summed E-state index contributed by atoms with van der Waals surface area (Å²) in [7, 11) is 0. The Morgan fingerprint density at radius 2 is 2.00 bits per heavy atom. The molecule has 1 amide bonds. The quantitative estimate of drug-likeness (QED) is 0.879. The normalized spacial score (nSPS) is 10.2. The van der Waals surface area contributed by atoms with Crippen molar-refractivity contribution in [2.75, 3.05) is 5.32 Å². The monoisotopic (exact) mass is 288 g/mol. The zero-order valence-corrected chi connectivity index (χ0v) is 11.9. The van der Waals surface area contributed by atoms with E-state index in [0.717, 1.165) is 5.69 Å². The van der Waals surface area contributed by atoms with Crippen molar-refractivity contribution < 1.29 is 9.59 Å². The summed E-state index contributed by atoms with van der Waals surface area (Å²) in [5, 5.41) is 3.04. The van der Waals surface area contributed by atoms with Gasteiger partial charge in [0.05, 0.1) is 10.6 Å². The van der Waals surface area contributed by atoms with Crippen molar-refractivity contribution in [3.63, 3.8) is 0 Å². The zero-order chi connectivity index (χ0) is 14.7. The molecule has 0 unspecified atom stereocenters. The van der Waals surface area contributed by atoms with Crippen LogP contribution in [0.3, 0.4) is 0 Å².